The molecule has 1 amide bonds. The molecule has 2 N–H and O–H groups in total. The molecule has 132 valence electrons. The van der Waals surface area contributed by atoms with Crippen LogP contribution in [0.5, 0.6) is 11.5 Å². The van der Waals surface area contributed by atoms with Crippen molar-refractivity contribution < 1.29 is 14.3 Å². The standard InChI is InChI=1S/C18H16N4O4/c1-25-15-13(17(19)23)14(11-6-4-3-5-7-11)22(18(24)16(15)26-2)12-8-20-10-21-9-12/h3-10H,1-2H3,(H2,19,23). The summed E-state index contributed by atoms with van der Waals surface area (Å²) in [4.78, 5) is 33.3. The van der Waals surface area contributed by atoms with Crippen molar-refractivity contribution in [2.24, 2.45) is 5.73 Å². The molecule has 0 saturated heterocycles. The van der Waals surface area contributed by atoms with Gasteiger partial charge in [-0.25, -0.2) is 9.97 Å². The minimum absolute atomic E-state index is 0.0167. The number of amides is 1. The molecule has 3 aromatic rings. The maximum atomic E-state index is 13.1. The maximum absolute atomic E-state index is 13.1. The molecule has 0 radical (unpaired) electrons. The Labute approximate surface area is 148 Å². The predicted molar refractivity (Wildman–Crippen MR) is 94.7 cm³/mol. The van der Waals surface area contributed by atoms with Gasteiger partial charge in [-0.2, -0.15) is 0 Å². The third-order valence-corrected chi connectivity index (χ3v) is 3.80. The van der Waals surface area contributed by atoms with E-state index in [1.54, 1.807) is 24.3 Å². The molecule has 8 nitrogen and oxygen atoms in total. The molecule has 8 heteroatoms. The SMILES string of the molecule is COc1c(C(N)=O)c(-c2ccccc2)n(-c2cncnc2)c(=O)c1OC. The van der Waals surface area contributed by atoms with E-state index < -0.39 is 11.5 Å². The predicted octanol–water partition coefficient (Wildman–Crippen LogP) is 1.41. The van der Waals surface area contributed by atoms with Crippen molar-refractivity contribution in [1.82, 2.24) is 14.5 Å². The molecule has 0 unspecified atom stereocenters. The van der Waals surface area contributed by atoms with Gasteiger partial charge in [0.2, 0.25) is 5.75 Å². The number of hydrogen-bond acceptors (Lipinski definition) is 6. The molecule has 0 bridgehead atoms. The first-order valence-corrected chi connectivity index (χ1v) is 7.61. The first-order chi connectivity index (χ1) is 12.6. The summed E-state index contributed by atoms with van der Waals surface area (Å²) in [6.45, 7) is 0. The highest BCUT2D eigenvalue weighted by molar-refractivity contribution is 6.02. The first-order valence-electron chi connectivity index (χ1n) is 7.61. The lowest BCUT2D eigenvalue weighted by Gasteiger charge is -2.20. The van der Waals surface area contributed by atoms with E-state index in [1.165, 1.54) is 37.5 Å². The largest absolute Gasteiger partial charge is 0.492 e. The second-order valence-electron chi connectivity index (χ2n) is 5.26. The van der Waals surface area contributed by atoms with E-state index in [0.717, 1.165) is 0 Å². The number of pyridine rings is 1. The molecule has 0 fully saturated rings. The van der Waals surface area contributed by atoms with E-state index >= 15 is 0 Å². The summed E-state index contributed by atoms with van der Waals surface area (Å²) in [5.74, 6) is -0.911. The minimum Gasteiger partial charge on any atom is -0.492 e. The van der Waals surface area contributed by atoms with Crippen LogP contribution >= 0.6 is 0 Å². The molecular weight excluding hydrogens is 336 g/mol. The number of carbonyl (C=O) groups excluding carboxylic acids is 1. The normalized spacial score (nSPS) is 10.4. The van der Waals surface area contributed by atoms with Gasteiger partial charge in [-0.05, 0) is 5.56 Å². The Kier molecular flexibility index (Phi) is 4.66. The Bertz CT molecular complexity index is 1000. The van der Waals surface area contributed by atoms with Crippen molar-refractivity contribution >= 4 is 5.91 Å². The van der Waals surface area contributed by atoms with Gasteiger partial charge >= 0.3 is 5.56 Å². The van der Waals surface area contributed by atoms with Gasteiger partial charge in [0.15, 0.2) is 5.75 Å². The third kappa shape index (κ3) is 2.77. The zero-order valence-corrected chi connectivity index (χ0v) is 14.2. The van der Waals surface area contributed by atoms with E-state index in [0.29, 0.717) is 11.3 Å². The van der Waals surface area contributed by atoms with Gasteiger partial charge in [-0.15, -0.1) is 0 Å². The van der Waals surface area contributed by atoms with Crippen LogP contribution in [-0.2, 0) is 0 Å². The van der Waals surface area contributed by atoms with Crippen molar-refractivity contribution in [2.75, 3.05) is 14.2 Å². The van der Waals surface area contributed by atoms with Gasteiger partial charge in [0.05, 0.1) is 38.0 Å². The van der Waals surface area contributed by atoms with E-state index in [1.807, 2.05) is 6.07 Å². The number of rotatable bonds is 5. The molecule has 0 aliphatic carbocycles. The van der Waals surface area contributed by atoms with Crippen molar-refractivity contribution in [3.05, 3.63) is 65.0 Å². The molecular formula is C18H16N4O4. The van der Waals surface area contributed by atoms with Crippen LogP contribution in [-0.4, -0.2) is 34.7 Å². The number of ether oxygens (including phenoxy) is 2. The highest BCUT2D eigenvalue weighted by Crippen LogP contribution is 2.36. The molecule has 1 aromatic carbocycles. The second-order valence-corrected chi connectivity index (χ2v) is 5.26. The Morgan fingerprint density at radius 3 is 2.19 bits per heavy atom. The van der Waals surface area contributed by atoms with Gasteiger partial charge < -0.3 is 15.2 Å². The topological polar surface area (TPSA) is 109 Å². The number of hydrogen-bond donors (Lipinski definition) is 1. The lowest BCUT2D eigenvalue weighted by Crippen LogP contribution is -2.27. The van der Waals surface area contributed by atoms with Crippen LogP contribution in [0.3, 0.4) is 0 Å². The molecule has 2 aromatic heterocycles. The van der Waals surface area contributed by atoms with Gasteiger partial charge in [0.1, 0.15) is 11.9 Å². The number of methoxy groups -OCH3 is 2. The Morgan fingerprint density at radius 1 is 1.04 bits per heavy atom. The lowest BCUT2D eigenvalue weighted by atomic mass is 10.0. The number of aromatic nitrogens is 3. The number of nitrogens with zero attached hydrogens (tertiary/aromatic N) is 3. The van der Waals surface area contributed by atoms with Crippen LogP contribution < -0.4 is 20.8 Å². The highest BCUT2D eigenvalue weighted by atomic mass is 16.5. The van der Waals surface area contributed by atoms with Crippen LogP contribution in [0.15, 0.2) is 53.8 Å². The fraction of sp³-hybridized carbons (Fsp3) is 0.111. The smallest absolute Gasteiger partial charge is 0.302 e. The minimum atomic E-state index is -0.760. The molecule has 0 aliphatic heterocycles. The van der Waals surface area contributed by atoms with Crippen molar-refractivity contribution in [2.45, 2.75) is 0 Å². The average molecular weight is 352 g/mol. The first kappa shape index (κ1) is 17.2. The van der Waals surface area contributed by atoms with E-state index in [9.17, 15) is 9.59 Å². The van der Waals surface area contributed by atoms with Crippen LogP contribution in [0.25, 0.3) is 16.9 Å². The monoisotopic (exact) mass is 352 g/mol. The number of primary amides is 1. The third-order valence-electron chi connectivity index (χ3n) is 3.80. The molecule has 0 aliphatic rings. The van der Waals surface area contributed by atoms with E-state index in [2.05, 4.69) is 9.97 Å². The second kappa shape index (κ2) is 7.06. The summed E-state index contributed by atoms with van der Waals surface area (Å²) in [5, 5.41) is 0. The average Bonchev–Trinajstić information content (AvgIpc) is 2.67. The molecule has 26 heavy (non-hydrogen) atoms. The van der Waals surface area contributed by atoms with Gasteiger partial charge in [-0.1, -0.05) is 30.3 Å². The number of nitrogens with two attached hydrogens (primary N) is 1. The highest BCUT2D eigenvalue weighted by Gasteiger charge is 2.28. The summed E-state index contributed by atoms with van der Waals surface area (Å²) in [7, 11) is 2.66. The van der Waals surface area contributed by atoms with Gasteiger partial charge in [0.25, 0.3) is 5.91 Å². The summed E-state index contributed by atoms with van der Waals surface area (Å²) in [6, 6.07) is 8.91. The Hall–Kier alpha value is -3.68. The Morgan fingerprint density at radius 2 is 1.65 bits per heavy atom. The summed E-state index contributed by atoms with van der Waals surface area (Å²) in [5.41, 5.74) is 6.36. The Balaban J connectivity index is 2.56. The molecule has 3 rings (SSSR count). The zero-order valence-electron chi connectivity index (χ0n) is 14.2. The van der Waals surface area contributed by atoms with Crippen molar-refractivity contribution in [3.63, 3.8) is 0 Å². The maximum Gasteiger partial charge on any atom is 0.302 e. The fourth-order valence-corrected chi connectivity index (χ4v) is 2.76. The van der Waals surface area contributed by atoms with E-state index in [-0.39, 0.29) is 22.8 Å². The fourth-order valence-electron chi connectivity index (χ4n) is 2.76. The van der Waals surface area contributed by atoms with Crippen molar-refractivity contribution in [3.8, 4) is 28.4 Å². The molecule has 2 heterocycles. The number of benzene rings is 1. The van der Waals surface area contributed by atoms with Crippen LogP contribution in [0.2, 0.25) is 0 Å². The van der Waals surface area contributed by atoms with Crippen LogP contribution in [0.4, 0.5) is 0 Å². The summed E-state index contributed by atoms with van der Waals surface area (Å²) >= 11 is 0. The quantitative estimate of drug-likeness (QED) is 0.743. The van der Waals surface area contributed by atoms with Crippen LogP contribution in [0, 0.1) is 0 Å². The van der Waals surface area contributed by atoms with Crippen LogP contribution in [0.1, 0.15) is 10.4 Å². The zero-order chi connectivity index (χ0) is 18.7. The number of carbonyl (C=O) groups is 1. The van der Waals surface area contributed by atoms with Gasteiger partial charge in [-0.3, -0.25) is 14.2 Å². The van der Waals surface area contributed by atoms with E-state index in [4.69, 9.17) is 15.2 Å². The molecule has 0 saturated carbocycles. The van der Waals surface area contributed by atoms with Gasteiger partial charge in [0, 0.05) is 0 Å². The summed E-state index contributed by atoms with van der Waals surface area (Å²) in [6.07, 6.45) is 4.25. The molecule has 0 atom stereocenters. The van der Waals surface area contributed by atoms with Crippen molar-refractivity contribution in [1.29, 1.82) is 0 Å². The lowest BCUT2D eigenvalue weighted by molar-refractivity contribution is 0.0996. The molecule has 0 spiro atoms. The summed E-state index contributed by atoms with van der Waals surface area (Å²) < 4.78 is 11.8.